The minimum absolute atomic E-state index is 0.132. The number of nitrogens with one attached hydrogen (secondary N) is 1. The van der Waals surface area contributed by atoms with Gasteiger partial charge >= 0.3 is 0 Å². The average molecular weight is 292 g/mol. The molecule has 6 heteroatoms. The van der Waals surface area contributed by atoms with E-state index in [1.807, 2.05) is 29.6 Å². The summed E-state index contributed by atoms with van der Waals surface area (Å²) in [5.41, 5.74) is 5.80. The van der Waals surface area contributed by atoms with E-state index in [2.05, 4.69) is 5.32 Å². The summed E-state index contributed by atoms with van der Waals surface area (Å²) in [5, 5.41) is 4.67. The van der Waals surface area contributed by atoms with Gasteiger partial charge in [-0.25, -0.2) is 0 Å². The molecule has 0 atom stereocenters. The first-order valence-electron chi connectivity index (χ1n) is 5.51. The first-order valence-corrected chi connectivity index (χ1v) is 7.38. The molecule has 4 nitrogen and oxygen atoms in total. The van der Waals surface area contributed by atoms with Crippen LogP contribution >= 0.6 is 23.1 Å². The van der Waals surface area contributed by atoms with Crippen molar-refractivity contribution in [3.8, 4) is 0 Å². The van der Waals surface area contributed by atoms with Crippen molar-refractivity contribution in [3.05, 3.63) is 46.7 Å². The van der Waals surface area contributed by atoms with Crippen LogP contribution in [0, 0.1) is 0 Å². The number of rotatable bonds is 5. The lowest BCUT2D eigenvalue weighted by Crippen LogP contribution is -2.13. The molecule has 0 aliphatic rings. The highest BCUT2D eigenvalue weighted by atomic mass is 32.2. The summed E-state index contributed by atoms with van der Waals surface area (Å²) in [5.74, 6) is -0.271. The van der Waals surface area contributed by atoms with E-state index in [4.69, 9.17) is 5.73 Å². The maximum Gasteiger partial charge on any atom is 0.265 e. The van der Waals surface area contributed by atoms with Crippen LogP contribution < -0.4 is 11.1 Å². The van der Waals surface area contributed by atoms with Gasteiger partial charge in [0.2, 0.25) is 5.91 Å². The lowest BCUT2D eigenvalue weighted by Gasteiger charge is -2.05. The fourth-order valence-electron chi connectivity index (χ4n) is 1.42. The van der Waals surface area contributed by atoms with Crippen molar-refractivity contribution in [1.82, 2.24) is 0 Å². The van der Waals surface area contributed by atoms with Gasteiger partial charge in [-0.2, -0.15) is 0 Å². The van der Waals surface area contributed by atoms with Gasteiger partial charge in [-0.1, -0.05) is 12.1 Å². The summed E-state index contributed by atoms with van der Waals surface area (Å²) >= 11 is 2.73. The first kappa shape index (κ1) is 13.6. The van der Waals surface area contributed by atoms with Crippen molar-refractivity contribution in [2.45, 2.75) is 4.90 Å². The zero-order valence-corrected chi connectivity index (χ0v) is 11.6. The number of thiophene rings is 1. The molecule has 1 heterocycles. The molecule has 2 rings (SSSR count). The van der Waals surface area contributed by atoms with Crippen LogP contribution in [0.1, 0.15) is 9.67 Å². The van der Waals surface area contributed by atoms with Crippen LogP contribution in [0.2, 0.25) is 0 Å². The van der Waals surface area contributed by atoms with E-state index in [1.54, 1.807) is 12.1 Å². The maximum atomic E-state index is 11.9. The molecule has 0 radical (unpaired) electrons. The van der Waals surface area contributed by atoms with Crippen molar-refractivity contribution in [2.75, 3.05) is 11.1 Å². The van der Waals surface area contributed by atoms with Gasteiger partial charge in [0, 0.05) is 10.6 Å². The Labute approximate surface area is 119 Å². The second-order valence-electron chi connectivity index (χ2n) is 3.71. The van der Waals surface area contributed by atoms with Crippen LogP contribution in [-0.2, 0) is 4.79 Å². The van der Waals surface area contributed by atoms with E-state index in [1.165, 1.54) is 23.1 Å². The van der Waals surface area contributed by atoms with E-state index in [9.17, 15) is 9.59 Å². The van der Waals surface area contributed by atoms with Crippen LogP contribution in [0.4, 0.5) is 5.69 Å². The van der Waals surface area contributed by atoms with E-state index in [0.717, 1.165) is 4.90 Å². The number of nitrogens with two attached hydrogens (primary N) is 1. The van der Waals surface area contributed by atoms with Crippen LogP contribution in [0.15, 0.2) is 46.7 Å². The number of primary amides is 1. The van der Waals surface area contributed by atoms with Crippen LogP contribution in [0.3, 0.4) is 0 Å². The zero-order valence-electron chi connectivity index (χ0n) is 9.96. The van der Waals surface area contributed by atoms with Gasteiger partial charge in [0.05, 0.1) is 10.6 Å². The number of carbonyl (C=O) groups is 2. The number of hydrogen-bond donors (Lipinski definition) is 2. The average Bonchev–Trinajstić information content (AvgIpc) is 2.91. The molecule has 0 saturated heterocycles. The molecule has 2 amide bonds. The standard InChI is InChI=1S/C13H12N2O2S2/c14-12(16)8-19-10-4-1-3-9(7-10)15-13(17)11-5-2-6-18-11/h1-7H,8H2,(H2,14,16)(H,15,17). The third-order valence-corrected chi connectivity index (χ3v) is 4.10. The molecule has 0 bridgehead atoms. The van der Waals surface area contributed by atoms with E-state index < -0.39 is 0 Å². The summed E-state index contributed by atoms with van der Waals surface area (Å²) in [4.78, 5) is 24.1. The summed E-state index contributed by atoms with van der Waals surface area (Å²) < 4.78 is 0. The second-order valence-corrected chi connectivity index (χ2v) is 5.71. The molecule has 19 heavy (non-hydrogen) atoms. The molecule has 1 aromatic heterocycles. The van der Waals surface area contributed by atoms with E-state index >= 15 is 0 Å². The van der Waals surface area contributed by atoms with Gasteiger partial charge < -0.3 is 11.1 Å². The number of carbonyl (C=O) groups excluding carboxylic acids is 2. The lowest BCUT2D eigenvalue weighted by atomic mass is 10.3. The van der Waals surface area contributed by atoms with Gasteiger partial charge in [0.1, 0.15) is 0 Å². The van der Waals surface area contributed by atoms with E-state index in [0.29, 0.717) is 10.6 Å². The second kappa shape index (κ2) is 6.40. The summed E-state index contributed by atoms with van der Waals surface area (Å²) in [6.07, 6.45) is 0. The van der Waals surface area contributed by atoms with Gasteiger partial charge in [-0.15, -0.1) is 23.1 Å². The molecule has 1 aromatic carbocycles. The van der Waals surface area contributed by atoms with Crippen molar-refractivity contribution < 1.29 is 9.59 Å². The number of anilines is 1. The van der Waals surface area contributed by atoms with Gasteiger partial charge in [0.25, 0.3) is 5.91 Å². The molecule has 0 fully saturated rings. The van der Waals surface area contributed by atoms with Crippen molar-refractivity contribution in [3.63, 3.8) is 0 Å². The summed E-state index contributed by atoms with van der Waals surface area (Å²) in [6.45, 7) is 0. The molecule has 0 aliphatic heterocycles. The van der Waals surface area contributed by atoms with Gasteiger partial charge in [-0.05, 0) is 29.6 Å². The molecule has 0 aliphatic carbocycles. The molecule has 0 spiro atoms. The van der Waals surface area contributed by atoms with Crippen molar-refractivity contribution in [1.29, 1.82) is 0 Å². The Bertz CT molecular complexity index is 582. The highest BCUT2D eigenvalue weighted by Gasteiger charge is 2.07. The Morgan fingerprint density at radius 1 is 1.26 bits per heavy atom. The third kappa shape index (κ3) is 4.11. The highest BCUT2D eigenvalue weighted by Crippen LogP contribution is 2.22. The molecular formula is C13H12N2O2S2. The van der Waals surface area contributed by atoms with Crippen molar-refractivity contribution in [2.24, 2.45) is 5.73 Å². The van der Waals surface area contributed by atoms with Gasteiger partial charge in [0.15, 0.2) is 0 Å². The molecule has 0 unspecified atom stereocenters. The van der Waals surface area contributed by atoms with Crippen LogP contribution in [0.25, 0.3) is 0 Å². The normalized spacial score (nSPS) is 10.1. The summed E-state index contributed by atoms with van der Waals surface area (Å²) in [7, 11) is 0. The number of benzene rings is 1. The predicted octanol–water partition coefficient (Wildman–Crippen LogP) is 2.58. The first-order chi connectivity index (χ1) is 9.15. The number of hydrogen-bond acceptors (Lipinski definition) is 4. The smallest absolute Gasteiger partial charge is 0.265 e. The predicted molar refractivity (Wildman–Crippen MR) is 78.6 cm³/mol. The molecule has 3 N–H and O–H groups in total. The Morgan fingerprint density at radius 2 is 2.11 bits per heavy atom. The van der Waals surface area contributed by atoms with Crippen LogP contribution in [-0.4, -0.2) is 17.6 Å². The van der Waals surface area contributed by atoms with Gasteiger partial charge in [-0.3, -0.25) is 9.59 Å². The monoisotopic (exact) mass is 292 g/mol. The van der Waals surface area contributed by atoms with Crippen LogP contribution in [0.5, 0.6) is 0 Å². The van der Waals surface area contributed by atoms with E-state index in [-0.39, 0.29) is 17.6 Å². The minimum Gasteiger partial charge on any atom is -0.369 e. The third-order valence-electron chi connectivity index (χ3n) is 2.22. The fraction of sp³-hybridized carbons (Fsp3) is 0.0769. The Hall–Kier alpha value is -1.79. The molecular weight excluding hydrogens is 280 g/mol. The largest absolute Gasteiger partial charge is 0.369 e. The number of thioether (sulfide) groups is 1. The van der Waals surface area contributed by atoms with Crippen molar-refractivity contribution >= 4 is 40.6 Å². The maximum absolute atomic E-state index is 11.9. The molecule has 0 saturated carbocycles. The quantitative estimate of drug-likeness (QED) is 0.832. The zero-order chi connectivity index (χ0) is 13.7. The molecule has 2 aromatic rings. The Balaban J connectivity index is 2.02. The highest BCUT2D eigenvalue weighted by molar-refractivity contribution is 8.00. The Morgan fingerprint density at radius 3 is 2.79 bits per heavy atom. The topological polar surface area (TPSA) is 72.2 Å². The SMILES string of the molecule is NC(=O)CSc1cccc(NC(=O)c2cccs2)c1. The number of amides is 2. The minimum atomic E-state index is -0.363. The summed E-state index contributed by atoms with van der Waals surface area (Å²) in [6, 6.07) is 10.9. The lowest BCUT2D eigenvalue weighted by molar-refractivity contribution is -0.115. The Kier molecular flexibility index (Phi) is 4.59. The molecule has 98 valence electrons. The fourth-order valence-corrected chi connectivity index (χ4v) is 2.73.